The first-order valence-electron chi connectivity index (χ1n) is 15.9. The van der Waals surface area contributed by atoms with Crippen molar-refractivity contribution in [3.05, 3.63) is 70.3 Å². The van der Waals surface area contributed by atoms with Gasteiger partial charge in [0.2, 0.25) is 0 Å². The summed E-state index contributed by atoms with van der Waals surface area (Å²) in [5.74, 6) is 0. The van der Waals surface area contributed by atoms with Crippen molar-refractivity contribution in [2.24, 2.45) is 0 Å². The fraction of sp³-hybridized carbons (Fsp3) is 0.500. The van der Waals surface area contributed by atoms with E-state index in [0.717, 1.165) is 73.6 Å². The zero-order chi connectivity index (χ0) is 28.7. The van der Waals surface area contributed by atoms with E-state index in [2.05, 4.69) is 102 Å². The monoisotopic (exact) mass is 599 g/mol. The van der Waals surface area contributed by atoms with Crippen LogP contribution in [-0.4, -0.2) is 19.9 Å². The van der Waals surface area contributed by atoms with Gasteiger partial charge in [0.05, 0.1) is 22.8 Å². The molecule has 0 atom stereocenters. The molecule has 0 spiro atoms. The average Bonchev–Trinajstić information content (AvgIpc) is 3.75. The van der Waals surface area contributed by atoms with Crippen LogP contribution in [0.5, 0.6) is 0 Å². The van der Waals surface area contributed by atoms with E-state index >= 15 is 0 Å². The smallest absolute Gasteiger partial charge is 0.0722 e. The van der Waals surface area contributed by atoms with Crippen LogP contribution < -0.4 is 0 Å². The van der Waals surface area contributed by atoms with E-state index in [1.54, 1.807) is 0 Å². The molecule has 41 heavy (non-hydrogen) atoms. The van der Waals surface area contributed by atoms with Crippen LogP contribution in [0.1, 0.15) is 128 Å². The maximum atomic E-state index is 5.79. The van der Waals surface area contributed by atoms with Crippen LogP contribution in [0, 0.1) is 0 Å². The fourth-order valence-corrected chi connectivity index (χ4v) is 8.23. The Kier molecular flexibility index (Phi) is 9.41. The second-order valence-corrected chi connectivity index (χ2v) is 11.5. The van der Waals surface area contributed by atoms with Gasteiger partial charge < -0.3 is 9.97 Å². The number of H-pyrrole nitrogens is 2. The maximum Gasteiger partial charge on any atom is 0.0722 e. The Balaban J connectivity index is 0.00000387. The molecule has 0 saturated heterocycles. The number of nitrogens with one attached hydrogen (secondary N) is 2. The number of hydrogen-bond donors (Lipinski definition) is 2. The Bertz CT molecular complexity index is 1590. The van der Waals surface area contributed by atoms with E-state index < -0.39 is 0 Å². The number of hydrogen-bond acceptors (Lipinski definition) is 2. The minimum atomic E-state index is -0.0265. The zero-order valence-corrected chi connectivity index (χ0v) is 27.3. The largest absolute Gasteiger partial charge is 0.355 e. The van der Waals surface area contributed by atoms with E-state index in [0.29, 0.717) is 0 Å². The van der Waals surface area contributed by atoms with E-state index in [4.69, 9.17) is 9.97 Å². The first-order valence-corrected chi connectivity index (χ1v) is 15.9. The molecule has 8 bridgehead atoms. The second kappa shape index (κ2) is 12.3. The number of nitrogens with zero attached hydrogens (tertiary/aromatic N) is 2. The van der Waals surface area contributed by atoms with Crippen LogP contribution in [0.4, 0.5) is 0 Å². The summed E-state index contributed by atoms with van der Waals surface area (Å²) in [6, 6.07) is 13.2. The summed E-state index contributed by atoms with van der Waals surface area (Å²) in [7, 11) is 0. The van der Waals surface area contributed by atoms with Gasteiger partial charge in [-0.05, 0) is 110 Å². The van der Waals surface area contributed by atoms with Crippen LogP contribution in [0.25, 0.3) is 33.2 Å². The quantitative estimate of drug-likeness (QED) is 0.253. The number of aromatic nitrogens is 4. The molecule has 1 radical (unpaired) electrons. The Morgan fingerprint density at radius 3 is 1.61 bits per heavy atom. The molecule has 0 fully saturated rings. The van der Waals surface area contributed by atoms with Gasteiger partial charge in [0, 0.05) is 50.0 Å². The Hall–Kier alpha value is -2.62. The molecule has 0 saturated carbocycles. The van der Waals surface area contributed by atoms with Gasteiger partial charge in [0.25, 0.3) is 0 Å². The van der Waals surface area contributed by atoms with Crippen molar-refractivity contribution >= 4 is 33.2 Å². The van der Waals surface area contributed by atoms with E-state index in [1.807, 2.05) is 0 Å². The van der Waals surface area contributed by atoms with Crippen molar-refractivity contribution in [3.8, 4) is 0 Å². The third-order valence-corrected chi connectivity index (χ3v) is 10.3. The number of fused-ring (bicyclic) bond motifs is 8. The third kappa shape index (κ3) is 4.64. The number of aromatic amines is 2. The second-order valence-electron chi connectivity index (χ2n) is 11.5. The summed E-state index contributed by atoms with van der Waals surface area (Å²) in [4.78, 5) is 18.6. The molecule has 0 aromatic carbocycles. The summed E-state index contributed by atoms with van der Waals surface area (Å²) < 4.78 is 0. The standard InChI is InChI=1S/C36H48N4.Cu/c1-9-26-27(10-2)32-29(12-4)34-36(15-7,16-8)35(13-5,14-6)33(40-34)28(11-3)30-20-19-24(38-30)21-23-17-18-25(37-23)22-31(26)39-32;/h17-22,37-38H,9-16H2,1-8H3;. The molecule has 223 valence electrons. The predicted octanol–water partition coefficient (Wildman–Crippen LogP) is 9.98. The Morgan fingerprint density at radius 2 is 1.07 bits per heavy atom. The topological polar surface area (TPSA) is 57.4 Å². The molecule has 2 N–H and O–H groups in total. The molecule has 3 aromatic rings. The van der Waals surface area contributed by atoms with Gasteiger partial charge in [-0.15, -0.1) is 0 Å². The molecule has 0 unspecified atom stereocenters. The van der Waals surface area contributed by atoms with Crippen molar-refractivity contribution < 1.29 is 17.1 Å². The molecule has 2 aliphatic rings. The summed E-state index contributed by atoms with van der Waals surface area (Å²) in [6.45, 7) is 18.7. The van der Waals surface area contributed by atoms with Crippen molar-refractivity contribution in [3.63, 3.8) is 0 Å². The molecule has 0 aliphatic carbocycles. The van der Waals surface area contributed by atoms with Crippen LogP contribution in [0.3, 0.4) is 0 Å². The minimum absolute atomic E-state index is 0. The normalized spacial score (nSPS) is 15.7. The molecule has 0 amide bonds. The van der Waals surface area contributed by atoms with Crippen molar-refractivity contribution in [2.75, 3.05) is 0 Å². The van der Waals surface area contributed by atoms with Crippen molar-refractivity contribution in [1.82, 2.24) is 19.9 Å². The molecule has 3 aromatic heterocycles. The Labute approximate surface area is 257 Å². The van der Waals surface area contributed by atoms with Crippen LogP contribution in [-0.2, 0) is 40.7 Å². The minimum Gasteiger partial charge on any atom is -0.355 e. The predicted molar refractivity (Wildman–Crippen MR) is 172 cm³/mol. The Morgan fingerprint density at radius 1 is 0.561 bits per heavy atom. The number of allylic oxidation sites excluding steroid dienone is 2. The number of rotatable bonds is 8. The van der Waals surface area contributed by atoms with Gasteiger partial charge in [0.15, 0.2) is 0 Å². The molecule has 5 rings (SSSR count). The summed E-state index contributed by atoms with van der Waals surface area (Å²) in [5.41, 5.74) is 14.8. The molecular weight excluding hydrogens is 552 g/mol. The van der Waals surface area contributed by atoms with Gasteiger partial charge in [-0.3, -0.25) is 4.98 Å². The van der Waals surface area contributed by atoms with Gasteiger partial charge in [-0.25, -0.2) is 4.98 Å². The summed E-state index contributed by atoms with van der Waals surface area (Å²) >= 11 is 0. The summed E-state index contributed by atoms with van der Waals surface area (Å²) in [6.07, 6.45) is 8.13. The molecule has 5 heteroatoms. The number of aryl methyl sites for hydroxylation is 1. The van der Waals surface area contributed by atoms with Gasteiger partial charge in [0.1, 0.15) is 0 Å². The molecule has 2 aliphatic heterocycles. The first kappa shape index (κ1) is 31.3. The molecule has 4 nitrogen and oxygen atoms in total. The van der Waals surface area contributed by atoms with Crippen LogP contribution in [0.2, 0.25) is 0 Å². The molecular formula is C36H48CuN4. The first-order chi connectivity index (χ1) is 19.4. The van der Waals surface area contributed by atoms with Gasteiger partial charge >= 0.3 is 0 Å². The van der Waals surface area contributed by atoms with Crippen LogP contribution >= 0.6 is 0 Å². The van der Waals surface area contributed by atoms with Crippen molar-refractivity contribution in [2.45, 2.75) is 118 Å². The van der Waals surface area contributed by atoms with E-state index in [-0.39, 0.29) is 27.9 Å². The van der Waals surface area contributed by atoms with Gasteiger partial charge in [-0.2, -0.15) is 0 Å². The third-order valence-electron chi connectivity index (χ3n) is 10.3. The van der Waals surface area contributed by atoms with E-state index in [9.17, 15) is 0 Å². The van der Waals surface area contributed by atoms with Crippen molar-refractivity contribution in [1.29, 1.82) is 0 Å². The molecule has 5 heterocycles. The summed E-state index contributed by atoms with van der Waals surface area (Å²) in [5, 5.41) is 0. The van der Waals surface area contributed by atoms with Crippen LogP contribution in [0.15, 0.2) is 36.4 Å². The van der Waals surface area contributed by atoms with Gasteiger partial charge in [-0.1, -0.05) is 55.4 Å². The average molecular weight is 600 g/mol. The maximum absolute atomic E-state index is 5.79. The SMILES string of the molecule is CCC1=C(CC)c2nc1cc1ccc(cc3ccc([nH]3)c(CC)c3nc(c2CC)C(CC)(CC)C3(CC)CC)[nH]1.[Cu]. The zero-order valence-electron chi connectivity index (χ0n) is 26.3. The fourth-order valence-electron chi connectivity index (χ4n) is 8.23. The van der Waals surface area contributed by atoms with E-state index in [1.165, 1.54) is 44.9 Å².